The third-order valence-corrected chi connectivity index (χ3v) is 3.27. The van der Waals surface area contributed by atoms with E-state index in [0.29, 0.717) is 24.4 Å². The van der Waals surface area contributed by atoms with Crippen LogP contribution in [0.3, 0.4) is 0 Å². The van der Waals surface area contributed by atoms with Gasteiger partial charge in [0.05, 0.1) is 6.07 Å². The molecule has 0 aromatic rings. The van der Waals surface area contributed by atoms with Crippen LogP contribution in [0.5, 0.6) is 0 Å². The minimum absolute atomic E-state index is 0.290. The quantitative estimate of drug-likeness (QED) is 0.599. The molecule has 0 spiro atoms. The van der Waals surface area contributed by atoms with Gasteiger partial charge in [-0.2, -0.15) is 5.26 Å². The van der Waals surface area contributed by atoms with Crippen LogP contribution in [0, 0.1) is 22.7 Å². The summed E-state index contributed by atoms with van der Waals surface area (Å²) in [5.74, 6) is 0.417. The van der Waals surface area contributed by atoms with E-state index in [9.17, 15) is 0 Å². The highest BCUT2D eigenvalue weighted by Gasteiger charge is 2.41. The molecule has 2 N–H and O–H groups in total. The zero-order valence-corrected chi connectivity index (χ0v) is 9.63. The lowest BCUT2D eigenvalue weighted by Gasteiger charge is -2.13. The summed E-state index contributed by atoms with van der Waals surface area (Å²) in [5.41, 5.74) is 0.317. The second-order valence-corrected chi connectivity index (χ2v) is 4.94. The Labute approximate surface area is 92.5 Å². The maximum Gasteiger partial charge on any atom is 0.0628 e. The third kappa shape index (κ3) is 4.63. The van der Waals surface area contributed by atoms with E-state index < -0.39 is 0 Å². The Morgan fingerprint density at radius 1 is 1.53 bits per heavy atom. The molecule has 0 aliphatic heterocycles. The number of nitrogens with zero attached hydrogens (tertiary/aromatic N) is 1. The van der Waals surface area contributed by atoms with Crippen LogP contribution in [0.25, 0.3) is 0 Å². The van der Waals surface area contributed by atoms with Crippen molar-refractivity contribution in [3.63, 3.8) is 0 Å². The average molecular weight is 210 g/mol. The van der Waals surface area contributed by atoms with Crippen molar-refractivity contribution in [3.05, 3.63) is 0 Å². The maximum atomic E-state index is 8.84. The first kappa shape index (κ1) is 12.5. The summed E-state index contributed by atoms with van der Waals surface area (Å²) in [7, 11) is 0. The van der Waals surface area contributed by atoms with Crippen molar-refractivity contribution in [2.24, 2.45) is 11.3 Å². The average Bonchev–Trinajstić information content (AvgIpc) is 2.98. The fourth-order valence-corrected chi connectivity index (χ4v) is 1.78. The van der Waals surface area contributed by atoms with Crippen LogP contribution in [0.1, 0.15) is 39.0 Å². The smallest absolute Gasteiger partial charge is 0.0628 e. The topological polar surface area (TPSA) is 56.0 Å². The first-order chi connectivity index (χ1) is 7.22. The van der Waals surface area contributed by atoms with Crippen molar-refractivity contribution >= 4 is 0 Å². The molecule has 1 saturated carbocycles. The molecule has 1 atom stereocenters. The number of nitrogens with one attached hydrogen (secondary N) is 1. The van der Waals surface area contributed by atoms with Crippen molar-refractivity contribution < 1.29 is 5.11 Å². The summed E-state index contributed by atoms with van der Waals surface area (Å²) in [4.78, 5) is 0. The van der Waals surface area contributed by atoms with Crippen LogP contribution in [0.15, 0.2) is 0 Å². The van der Waals surface area contributed by atoms with Gasteiger partial charge < -0.3 is 10.4 Å². The molecule has 0 aromatic heterocycles. The molecule has 1 fully saturated rings. The predicted molar refractivity (Wildman–Crippen MR) is 60.3 cm³/mol. The Bertz CT molecular complexity index is 218. The normalized spacial score (nSPS) is 19.5. The van der Waals surface area contributed by atoms with E-state index in [4.69, 9.17) is 10.4 Å². The monoisotopic (exact) mass is 210 g/mol. The summed E-state index contributed by atoms with van der Waals surface area (Å²) in [6.07, 6.45) is 5.31. The first-order valence-electron chi connectivity index (χ1n) is 5.91. The molecule has 0 aromatic carbocycles. The summed E-state index contributed by atoms with van der Waals surface area (Å²) in [5, 5.41) is 20.9. The van der Waals surface area contributed by atoms with Gasteiger partial charge in [-0.3, -0.25) is 0 Å². The summed E-state index contributed by atoms with van der Waals surface area (Å²) in [6.45, 7) is 4.36. The van der Waals surface area contributed by atoms with E-state index in [0.717, 1.165) is 25.9 Å². The van der Waals surface area contributed by atoms with Gasteiger partial charge in [-0.25, -0.2) is 0 Å². The fraction of sp³-hybridized carbons (Fsp3) is 0.917. The second-order valence-electron chi connectivity index (χ2n) is 4.94. The highest BCUT2D eigenvalue weighted by atomic mass is 16.3. The molecule has 0 radical (unpaired) electrons. The predicted octanol–water partition coefficient (Wildman–Crippen LogP) is 1.68. The van der Waals surface area contributed by atoms with E-state index in [2.05, 4.69) is 18.3 Å². The largest absolute Gasteiger partial charge is 0.396 e. The van der Waals surface area contributed by atoms with E-state index in [1.165, 1.54) is 12.8 Å². The Balaban J connectivity index is 1.96. The summed E-state index contributed by atoms with van der Waals surface area (Å²) >= 11 is 0. The number of hydrogen-bond donors (Lipinski definition) is 2. The fourth-order valence-electron chi connectivity index (χ4n) is 1.78. The molecule has 1 aliphatic rings. The second kappa shape index (κ2) is 6.09. The third-order valence-electron chi connectivity index (χ3n) is 3.27. The lowest BCUT2D eigenvalue weighted by Crippen LogP contribution is -2.25. The van der Waals surface area contributed by atoms with E-state index >= 15 is 0 Å². The lowest BCUT2D eigenvalue weighted by atomic mass is 10.0. The first-order valence-corrected chi connectivity index (χ1v) is 5.91. The zero-order chi connectivity index (χ0) is 11.1. The Hall–Kier alpha value is -0.590. The van der Waals surface area contributed by atoms with Crippen LogP contribution in [0.4, 0.5) is 0 Å². The maximum absolute atomic E-state index is 8.84. The van der Waals surface area contributed by atoms with Crippen molar-refractivity contribution in [3.8, 4) is 6.07 Å². The van der Waals surface area contributed by atoms with Gasteiger partial charge in [0, 0.05) is 19.6 Å². The van der Waals surface area contributed by atoms with Crippen molar-refractivity contribution in [1.82, 2.24) is 5.32 Å². The Kier molecular flexibility index (Phi) is 5.07. The zero-order valence-electron chi connectivity index (χ0n) is 9.63. The molecule has 0 saturated heterocycles. The van der Waals surface area contributed by atoms with Gasteiger partial charge in [-0.05, 0) is 43.6 Å². The van der Waals surface area contributed by atoms with Gasteiger partial charge in [0.25, 0.3) is 0 Å². The molecule has 3 nitrogen and oxygen atoms in total. The van der Waals surface area contributed by atoms with Crippen molar-refractivity contribution in [2.45, 2.75) is 39.0 Å². The standard InChI is InChI=1S/C12H22N2O/c1-11(9-15)3-2-8-14-10-12(4-5-12)6-7-13/h11,14-15H,2-6,8-10H2,1H3. The molecule has 15 heavy (non-hydrogen) atoms. The van der Waals surface area contributed by atoms with Gasteiger partial charge in [0.2, 0.25) is 0 Å². The summed E-state index contributed by atoms with van der Waals surface area (Å²) in [6, 6.07) is 2.27. The Morgan fingerprint density at radius 2 is 2.27 bits per heavy atom. The van der Waals surface area contributed by atoms with E-state index in [1.807, 2.05) is 0 Å². The van der Waals surface area contributed by atoms with E-state index in [-0.39, 0.29) is 0 Å². The minimum Gasteiger partial charge on any atom is -0.396 e. The molecular weight excluding hydrogens is 188 g/mol. The number of aliphatic hydroxyl groups excluding tert-OH is 1. The van der Waals surface area contributed by atoms with Crippen molar-refractivity contribution in [2.75, 3.05) is 19.7 Å². The number of nitriles is 1. The SMILES string of the molecule is CC(CO)CCCNCC1(CC#N)CC1. The van der Waals surface area contributed by atoms with Crippen molar-refractivity contribution in [1.29, 1.82) is 5.26 Å². The molecule has 0 heterocycles. The highest BCUT2D eigenvalue weighted by Crippen LogP contribution is 2.47. The highest BCUT2D eigenvalue weighted by molar-refractivity contribution is 5.00. The van der Waals surface area contributed by atoms with Crippen LogP contribution < -0.4 is 5.32 Å². The Morgan fingerprint density at radius 3 is 2.80 bits per heavy atom. The lowest BCUT2D eigenvalue weighted by molar-refractivity contribution is 0.227. The molecule has 1 unspecified atom stereocenters. The molecule has 3 heteroatoms. The van der Waals surface area contributed by atoms with Gasteiger partial charge >= 0.3 is 0 Å². The number of rotatable bonds is 8. The minimum atomic E-state index is 0.290. The van der Waals surface area contributed by atoms with Gasteiger partial charge in [-0.1, -0.05) is 6.92 Å². The van der Waals surface area contributed by atoms with Gasteiger partial charge in [-0.15, -0.1) is 0 Å². The van der Waals surface area contributed by atoms with Crippen LogP contribution in [-0.2, 0) is 0 Å². The molecule has 1 rings (SSSR count). The molecule has 86 valence electrons. The molecule has 0 bridgehead atoms. The molecule has 0 amide bonds. The van der Waals surface area contributed by atoms with E-state index in [1.54, 1.807) is 0 Å². The molecule has 1 aliphatic carbocycles. The van der Waals surface area contributed by atoms with Gasteiger partial charge in [0.1, 0.15) is 0 Å². The van der Waals surface area contributed by atoms with Crippen LogP contribution in [-0.4, -0.2) is 24.8 Å². The van der Waals surface area contributed by atoms with Gasteiger partial charge in [0.15, 0.2) is 0 Å². The number of hydrogen-bond acceptors (Lipinski definition) is 3. The summed E-state index contributed by atoms with van der Waals surface area (Å²) < 4.78 is 0. The number of aliphatic hydroxyl groups is 1. The van der Waals surface area contributed by atoms with Crippen LogP contribution >= 0.6 is 0 Å². The van der Waals surface area contributed by atoms with Crippen LogP contribution in [0.2, 0.25) is 0 Å². The molecular formula is C12H22N2O.